The van der Waals surface area contributed by atoms with Gasteiger partial charge in [0.2, 0.25) is 0 Å². The zero-order valence-corrected chi connectivity index (χ0v) is 47.1. The summed E-state index contributed by atoms with van der Waals surface area (Å²) >= 11 is 0. The number of hydrogen-bond acceptors (Lipinski definition) is 24. The molecule has 0 bridgehead atoms. The van der Waals surface area contributed by atoms with Gasteiger partial charge in [-0.2, -0.15) is 0 Å². The van der Waals surface area contributed by atoms with Crippen LogP contribution in [0, 0.1) is 0 Å². The van der Waals surface area contributed by atoms with Crippen LogP contribution in [0.3, 0.4) is 0 Å². The number of carboxylic acids is 6. The van der Waals surface area contributed by atoms with Gasteiger partial charge in [0.15, 0.2) is 0 Å². The van der Waals surface area contributed by atoms with Crippen LogP contribution in [0.25, 0.3) is 0 Å². The first kappa shape index (κ1) is 122. The van der Waals surface area contributed by atoms with Crippen LogP contribution in [0.5, 0.6) is 0 Å². The van der Waals surface area contributed by atoms with Crippen LogP contribution in [0.15, 0.2) is 0 Å². The quantitative estimate of drug-likeness (QED) is 0.0548. The van der Waals surface area contributed by atoms with Gasteiger partial charge < -0.3 is 204 Å². The smallest absolute Gasteiger partial charge is 0.850 e. The summed E-state index contributed by atoms with van der Waals surface area (Å²) < 4.78 is 0. The molecule has 0 aromatic carbocycles. The van der Waals surface area contributed by atoms with E-state index >= 15 is 0 Å². The second-order valence-electron chi connectivity index (χ2n) is 11.8. The van der Waals surface area contributed by atoms with Gasteiger partial charge in [0, 0.05) is 63.1 Å². The molecule has 4 unspecified atom stereocenters. The first-order valence-corrected chi connectivity index (χ1v) is 15.8. The van der Waals surface area contributed by atoms with Crippen molar-refractivity contribution in [3.8, 4) is 0 Å². The number of rotatable bonds is 22. The number of aliphatic carboxylic acids is 6. The van der Waals surface area contributed by atoms with Crippen molar-refractivity contribution < 1.29 is 250 Å². The first-order chi connectivity index (χ1) is 24.3. The van der Waals surface area contributed by atoms with Gasteiger partial charge in [0.25, 0.3) is 0 Å². The summed E-state index contributed by atoms with van der Waals surface area (Å²) in [6.07, 6.45) is -12.9. The Labute approximate surface area is 452 Å². The molecule has 36 N–H and O–H groups in total. The molecule has 0 heterocycles. The summed E-state index contributed by atoms with van der Waals surface area (Å²) in [5, 5.41) is 152. The van der Waals surface area contributed by atoms with Crippen molar-refractivity contribution in [3.05, 3.63) is 0 Å². The van der Waals surface area contributed by atoms with Crippen LogP contribution in [0.1, 0.15) is 25.7 Å². The maximum atomic E-state index is 12.5. The Morgan fingerprint density at radius 3 is 0.500 bits per heavy atom. The molecule has 0 aromatic heterocycles. The Morgan fingerprint density at radius 1 is 0.257 bits per heavy atom. The Kier molecular flexibility index (Phi) is 111. The van der Waals surface area contributed by atoms with E-state index in [4.69, 9.17) is 0 Å². The first-order valence-electron chi connectivity index (χ1n) is 15.8. The van der Waals surface area contributed by atoms with Gasteiger partial charge in [-0.1, -0.05) is 36.6 Å². The van der Waals surface area contributed by atoms with Crippen molar-refractivity contribution in [2.45, 2.75) is 98.6 Å². The molecule has 0 aliphatic heterocycles. The van der Waals surface area contributed by atoms with Crippen LogP contribution in [0.2, 0.25) is 0 Å². The molecule has 70 heavy (non-hydrogen) atoms. The van der Waals surface area contributed by atoms with Crippen molar-refractivity contribution in [2.24, 2.45) is 0 Å². The molecule has 0 saturated heterocycles. The van der Waals surface area contributed by atoms with E-state index in [2.05, 4.69) is 31.9 Å². The molecule has 12 atom stereocenters. The fourth-order valence-electron chi connectivity index (χ4n) is 5.62. The van der Waals surface area contributed by atoms with E-state index in [9.17, 15) is 90.0 Å². The second kappa shape index (κ2) is 63.5. The van der Waals surface area contributed by atoms with E-state index in [0.717, 1.165) is 0 Å². The molecule has 2 aliphatic carbocycles. The predicted molar refractivity (Wildman–Crippen MR) is 196 cm³/mol. The number of carbonyl (C=O) groups excluding carboxylic acids is 6. The van der Waals surface area contributed by atoms with Crippen LogP contribution in [-0.2, 0) is 106 Å². The summed E-state index contributed by atoms with van der Waals surface area (Å²) in [7, 11) is 0. The van der Waals surface area contributed by atoms with Gasteiger partial charge in [-0.3, -0.25) is 0 Å². The molecule has 0 aromatic rings. The van der Waals surface area contributed by atoms with Crippen molar-refractivity contribution >= 4 is 35.8 Å². The maximum Gasteiger partial charge on any atom is 4.00 e. The summed E-state index contributed by atoms with van der Waals surface area (Å²) in [6, 6.07) is -8.50. The molecule has 0 spiro atoms. The molecule has 2 rings (SSSR count). The zero-order chi connectivity index (χ0) is 39.7. The predicted octanol–water partition coefficient (Wildman–Crippen LogP) is -32.2. The number of carboxylic acid groups (broad SMARTS) is 6. The molecule has 0 radical (unpaired) electrons. The van der Waals surface area contributed by atoms with E-state index in [-0.39, 0.29) is 186 Å². The molecular weight excluding hydrogens is 1480 g/mol. The molecule has 39 nitrogen and oxygen atoms in total. The zero-order valence-electron chi connectivity index (χ0n) is 36.3. The van der Waals surface area contributed by atoms with Gasteiger partial charge in [0.1, 0.15) is 0 Å². The van der Waals surface area contributed by atoms with Gasteiger partial charge >= 0.3 is 77.5 Å². The van der Waals surface area contributed by atoms with Crippen molar-refractivity contribution in [3.63, 3.8) is 0 Å². The standard InChI is InChI=1S/2C14H22N3O9.3Hf.15H2O/c2*18-6(19)1-3-15-9-12(24)10(16-4-2-7(20)21)14(26)11(13(9)25)17-5-8(22)23;;;;;;;;;;;;;;;;;;/h2*9-17H,1-5H2,(H,18,19)(H,20,21)(H,22,23);;;;15*1H2/q2*-3;3*+4;;;;;;;;;;;;;;;/p-6/t2*9-,10+,11?,12?,13-,14+;;;;;;;;;;;;;;;;;;. The van der Waals surface area contributed by atoms with Crippen molar-refractivity contribution in [1.29, 1.82) is 0 Å². The van der Waals surface area contributed by atoms with Gasteiger partial charge in [0.05, 0.1) is 11.9 Å². The van der Waals surface area contributed by atoms with E-state index in [0.29, 0.717) is 0 Å². The monoisotopic (exact) mass is 1560 g/mol. The molecular formula is C28H68Hf3N6O33. The minimum Gasteiger partial charge on any atom is -0.850 e. The Morgan fingerprint density at radius 2 is 0.386 bits per heavy atom. The van der Waals surface area contributed by atoms with Gasteiger partial charge in [-0.15, -0.1) is 0 Å². The molecule has 42 heteroatoms. The average Bonchev–Trinajstić information content (AvgIpc) is 3.03. The summed E-state index contributed by atoms with van der Waals surface area (Å²) in [6.45, 7) is -2.60. The molecule has 0 amide bonds. The summed E-state index contributed by atoms with van der Waals surface area (Å²) in [5.74, 6) is -8.75. The Balaban J connectivity index is -0.0000000384. The second-order valence-corrected chi connectivity index (χ2v) is 11.8. The van der Waals surface area contributed by atoms with E-state index in [1.54, 1.807) is 0 Å². The molecule has 2 saturated carbocycles. The topological polar surface area (TPSA) is 924 Å². The largest absolute Gasteiger partial charge is 4.00 e. The molecule has 2 aliphatic rings. The fourth-order valence-corrected chi connectivity index (χ4v) is 5.62. The number of hydrogen-bond donors (Lipinski definition) is 6. The minimum absolute atomic E-state index is 0. The van der Waals surface area contributed by atoms with E-state index < -0.39 is 147 Å². The fraction of sp³-hybridized carbons (Fsp3) is 0.786. The Hall–Kier alpha value is -1.65. The maximum absolute atomic E-state index is 12.5. The van der Waals surface area contributed by atoms with Crippen molar-refractivity contribution in [1.82, 2.24) is 31.9 Å². The van der Waals surface area contributed by atoms with Crippen LogP contribution < -0.4 is 93.2 Å². The van der Waals surface area contributed by atoms with E-state index in [1.165, 1.54) is 0 Å². The third-order valence-corrected chi connectivity index (χ3v) is 8.05. The number of carbonyl (C=O) groups is 6. The van der Waals surface area contributed by atoms with Crippen LogP contribution in [0.4, 0.5) is 0 Å². The normalized spacial score (nSPS) is 23.4. The minimum atomic E-state index is -1.85. The van der Waals surface area contributed by atoms with Crippen LogP contribution in [-0.4, -0.2) is 230 Å². The van der Waals surface area contributed by atoms with Crippen LogP contribution >= 0.6 is 0 Å². The average molecular weight is 1550 g/mol. The number of nitrogens with one attached hydrogen (secondary N) is 6. The van der Waals surface area contributed by atoms with Crippen molar-refractivity contribution in [2.75, 3.05) is 39.3 Å². The van der Waals surface area contributed by atoms with E-state index in [1.807, 2.05) is 0 Å². The SMILES string of the molecule is O.O.O.O.O.O.O.O.O.O.O.O.O.O.O.O=C([O-])CCN[C@@H]1C([O-])[C@H](NCCC(=O)[O-])[C@H]([O-])C(NCC(=O)[O-])[C@@H]1[O-].O=C([O-])CCN[C@@H]1C([O-])[C@H](NCCC(=O)[O-])[C@H]([O-])C(NCC(=O)[O-])[C@@H]1[O-].[Hf+4].[Hf+4].[Hf+4]. The van der Waals surface area contributed by atoms with Gasteiger partial charge in [-0.05, 0) is 61.9 Å². The summed E-state index contributed by atoms with van der Waals surface area (Å²) in [4.78, 5) is 62.9. The molecule has 2 fully saturated rings. The van der Waals surface area contributed by atoms with Gasteiger partial charge in [-0.25, -0.2) is 0 Å². The third-order valence-electron chi connectivity index (χ3n) is 8.05. The third kappa shape index (κ3) is 43.9. The summed E-state index contributed by atoms with van der Waals surface area (Å²) in [5.41, 5.74) is 0. The molecule has 420 valence electrons. The Bertz CT molecular complexity index is 1060.